The van der Waals surface area contributed by atoms with Crippen molar-refractivity contribution in [3.8, 4) is 0 Å². The smallest absolute Gasteiger partial charge is 0.226 e. The Balaban J connectivity index is 2.54. The van der Waals surface area contributed by atoms with E-state index >= 15 is 0 Å². The Bertz CT molecular complexity index is 388. The lowest BCUT2D eigenvalue weighted by Gasteiger charge is -1.99. The van der Waals surface area contributed by atoms with E-state index in [1.165, 1.54) is 11.3 Å². The predicted molar refractivity (Wildman–Crippen MR) is 58.0 cm³/mol. The van der Waals surface area contributed by atoms with Gasteiger partial charge in [-0.05, 0) is 6.42 Å². The van der Waals surface area contributed by atoms with E-state index in [2.05, 4.69) is 9.71 Å². The quantitative estimate of drug-likeness (QED) is 0.807. The van der Waals surface area contributed by atoms with Gasteiger partial charge >= 0.3 is 0 Å². The van der Waals surface area contributed by atoms with E-state index in [9.17, 15) is 8.42 Å². The molecule has 0 saturated carbocycles. The van der Waals surface area contributed by atoms with Crippen LogP contribution in [0.2, 0.25) is 0 Å². The molecule has 1 aromatic heterocycles. The van der Waals surface area contributed by atoms with Crippen molar-refractivity contribution >= 4 is 33.0 Å². The van der Waals surface area contributed by atoms with Gasteiger partial charge in [-0.15, -0.1) is 22.9 Å². The standard InChI is InChI=1S/C7H11ClN2O2S2/c1-2-6-3-9-7(13-6)4-10-14(11,12)5-8/h3,10H,2,4-5H2,1H3. The van der Waals surface area contributed by atoms with Gasteiger partial charge in [-0.25, -0.2) is 18.1 Å². The van der Waals surface area contributed by atoms with Crippen molar-refractivity contribution in [3.05, 3.63) is 16.1 Å². The summed E-state index contributed by atoms with van der Waals surface area (Å²) in [5, 5.41) is 0.342. The average molecular weight is 255 g/mol. The van der Waals surface area contributed by atoms with Crippen molar-refractivity contribution in [2.75, 3.05) is 5.21 Å². The number of aromatic nitrogens is 1. The molecule has 0 aliphatic heterocycles. The summed E-state index contributed by atoms with van der Waals surface area (Å²) in [6.07, 6.45) is 2.68. The van der Waals surface area contributed by atoms with Crippen molar-refractivity contribution in [2.45, 2.75) is 19.9 Å². The molecule has 0 amide bonds. The molecule has 0 radical (unpaired) electrons. The lowest BCUT2D eigenvalue weighted by Crippen LogP contribution is -2.23. The molecule has 1 heterocycles. The molecule has 1 aromatic rings. The van der Waals surface area contributed by atoms with Crippen molar-refractivity contribution in [1.29, 1.82) is 0 Å². The molecule has 14 heavy (non-hydrogen) atoms. The second-order valence-corrected chi connectivity index (χ2v) is 6.21. The lowest BCUT2D eigenvalue weighted by molar-refractivity contribution is 0.586. The Hall–Kier alpha value is -0.170. The highest BCUT2D eigenvalue weighted by Gasteiger charge is 2.08. The van der Waals surface area contributed by atoms with Gasteiger partial charge in [-0.2, -0.15) is 0 Å². The predicted octanol–water partition coefficient (Wildman–Crippen LogP) is 1.32. The van der Waals surface area contributed by atoms with Gasteiger partial charge < -0.3 is 0 Å². The Morgan fingerprint density at radius 3 is 2.86 bits per heavy atom. The molecule has 0 bridgehead atoms. The highest BCUT2D eigenvalue weighted by molar-refractivity contribution is 7.90. The summed E-state index contributed by atoms with van der Waals surface area (Å²) >= 11 is 6.73. The first-order chi connectivity index (χ1) is 6.57. The fourth-order valence-electron chi connectivity index (χ4n) is 0.803. The molecule has 7 heteroatoms. The van der Waals surface area contributed by atoms with Crippen LogP contribution in [-0.2, 0) is 23.0 Å². The van der Waals surface area contributed by atoms with Crippen molar-refractivity contribution in [1.82, 2.24) is 9.71 Å². The monoisotopic (exact) mass is 254 g/mol. The first-order valence-corrected chi connectivity index (χ1v) is 7.04. The molecular formula is C7H11ClN2O2S2. The van der Waals surface area contributed by atoms with E-state index < -0.39 is 15.2 Å². The summed E-state index contributed by atoms with van der Waals surface area (Å²) in [5.41, 5.74) is 0. The van der Waals surface area contributed by atoms with Gasteiger partial charge in [-0.1, -0.05) is 6.92 Å². The van der Waals surface area contributed by atoms with Crippen LogP contribution in [0.3, 0.4) is 0 Å². The number of sulfonamides is 1. The van der Waals surface area contributed by atoms with Gasteiger partial charge in [-0.3, -0.25) is 0 Å². The molecule has 0 fully saturated rings. The number of thiazole rings is 1. The molecule has 0 aromatic carbocycles. The van der Waals surface area contributed by atoms with Crippen LogP contribution in [0, 0.1) is 0 Å². The summed E-state index contributed by atoms with van der Waals surface area (Å²) in [6, 6.07) is 0. The molecule has 0 atom stereocenters. The van der Waals surface area contributed by atoms with E-state index in [0.29, 0.717) is 0 Å². The number of hydrogen-bond donors (Lipinski definition) is 1. The third-order valence-electron chi connectivity index (χ3n) is 1.54. The number of alkyl halides is 1. The average Bonchev–Trinajstić information content (AvgIpc) is 2.63. The second kappa shape index (κ2) is 5.06. The highest BCUT2D eigenvalue weighted by atomic mass is 35.5. The van der Waals surface area contributed by atoms with Gasteiger partial charge in [0.25, 0.3) is 0 Å². The zero-order valence-electron chi connectivity index (χ0n) is 7.66. The van der Waals surface area contributed by atoms with E-state index in [1.54, 1.807) is 6.20 Å². The van der Waals surface area contributed by atoms with E-state index in [1.807, 2.05) is 6.92 Å². The van der Waals surface area contributed by atoms with Crippen LogP contribution in [0.4, 0.5) is 0 Å². The van der Waals surface area contributed by atoms with Crippen LogP contribution in [0.5, 0.6) is 0 Å². The molecule has 0 unspecified atom stereocenters. The molecule has 1 rings (SSSR count). The van der Waals surface area contributed by atoms with Crippen LogP contribution in [0.15, 0.2) is 6.20 Å². The van der Waals surface area contributed by atoms with Crippen LogP contribution < -0.4 is 4.72 Å². The summed E-state index contributed by atoms with van der Waals surface area (Å²) in [6.45, 7) is 2.25. The maximum absolute atomic E-state index is 11.0. The first-order valence-electron chi connectivity index (χ1n) is 4.04. The molecule has 0 spiro atoms. The molecule has 4 nitrogen and oxygen atoms in total. The minimum absolute atomic E-state index is 0.222. The molecule has 80 valence electrons. The third kappa shape index (κ3) is 3.53. The molecular weight excluding hydrogens is 244 g/mol. The zero-order valence-corrected chi connectivity index (χ0v) is 10.0. The van der Waals surface area contributed by atoms with Crippen LogP contribution in [-0.4, -0.2) is 18.6 Å². The summed E-state index contributed by atoms with van der Waals surface area (Å²) in [5.74, 6) is 0. The highest BCUT2D eigenvalue weighted by Crippen LogP contribution is 2.13. The van der Waals surface area contributed by atoms with Gasteiger partial charge in [0.05, 0.1) is 6.54 Å². The minimum atomic E-state index is -3.33. The largest absolute Gasteiger partial charge is 0.248 e. The minimum Gasteiger partial charge on any atom is -0.248 e. The van der Waals surface area contributed by atoms with Gasteiger partial charge in [0.1, 0.15) is 10.2 Å². The van der Waals surface area contributed by atoms with Crippen LogP contribution in [0.1, 0.15) is 16.8 Å². The third-order valence-corrected chi connectivity index (χ3v) is 4.41. The van der Waals surface area contributed by atoms with E-state index in [0.717, 1.165) is 16.3 Å². The lowest BCUT2D eigenvalue weighted by atomic mass is 10.4. The van der Waals surface area contributed by atoms with Gasteiger partial charge in [0.2, 0.25) is 10.0 Å². The summed E-state index contributed by atoms with van der Waals surface area (Å²) in [4.78, 5) is 5.22. The van der Waals surface area contributed by atoms with Crippen LogP contribution in [0.25, 0.3) is 0 Å². The molecule has 1 N–H and O–H groups in total. The number of nitrogens with one attached hydrogen (secondary N) is 1. The number of nitrogens with zero attached hydrogens (tertiary/aromatic N) is 1. The maximum atomic E-state index is 11.0. The van der Waals surface area contributed by atoms with Crippen molar-refractivity contribution in [2.24, 2.45) is 0 Å². The summed E-state index contributed by atoms with van der Waals surface area (Å²) in [7, 11) is -3.33. The number of rotatable bonds is 5. The normalized spacial score (nSPS) is 11.9. The van der Waals surface area contributed by atoms with Gasteiger partial charge in [0.15, 0.2) is 0 Å². The molecule has 0 aliphatic carbocycles. The second-order valence-electron chi connectivity index (χ2n) is 2.62. The number of aryl methyl sites for hydroxylation is 1. The Morgan fingerprint density at radius 2 is 2.36 bits per heavy atom. The van der Waals surface area contributed by atoms with Crippen molar-refractivity contribution < 1.29 is 8.42 Å². The SMILES string of the molecule is CCc1cnc(CNS(=O)(=O)CCl)s1. The Kier molecular flexibility index (Phi) is 4.31. The van der Waals surface area contributed by atoms with E-state index in [-0.39, 0.29) is 6.54 Å². The summed E-state index contributed by atoms with van der Waals surface area (Å²) < 4.78 is 24.3. The molecule has 0 saturated heterocycles. The molecule has 0 aliphatic rings. The first kappa shape index (κ1) is 11.9. The van der Waals surface area contributed by atoms with Crippen LogP contribution >= 0.6 is 22.9 Å². The van der Waals surface area contributed by atoms with Gasteiger partial charge in [0, 0.05) is 11.1 Å². The number of hydrogen-bond acceptors (Lipinski definition) is 4. The van der Waals surface area contributed by atoms with E-state index in [4.69, 9.17) is 11.6 Å². The number of halogens is 1. The Morgan fingerprint density at radius 1 is 1.64 bits per heavy atom. The Labute approximate surface area is 92.4 Å². The zero-order chi connectivity index (χ0) is 10.6. The topological polar surface area (TPSA) is 59.1 Å². The maximum Gasteiger partial charge on any atom is 0.226 e. The van der Waals surface area contributed by atoms with Crippen molar-refractivity contribution in [3.63, 3.8) is 0 Å². The fourth-order valence-corrected chi connectivity index (χ4v) is 2.36. The fraction of sp³-hybridized carbons (Fsp3) is 0.571.